The van der Waals surface area contributed by atoms with Crippen LogP contribution in [0.25, 0.3) is 10.4 Å². The average molecular weight is 856 g/mol. The lowest BCUT2D eigenvalue weighted by Gasteiger charge is -2.50. The summed E-state index contributed by atoms with van der Waals surface area (Å²) < 4.78 is 70.4. The topological polar surface area (TPSA) is 303 Å². The summed E-state index contributed by atoms with van der Waals surface area (Å²) in [5.74, 6) is -5.55. The summed E-state index contributed by atoms with van der Waals surface area (Å²) in [5.41, 5.74) is 9.39. The first-order chi connectivity index (χ1) is 28.5. The van der Waals surface area contributed by atoms with Crippen LogP contribution in [0, 0.1) is 0 Å². The maximum Gasteiger partial charge on any atom is 0.338 e. The van der Waals surface area contributed by atoms with Crippen molar-refractivity contribution < 1.29 is 90.4 Å². The summed E-state index contributed by atoms with van der Waals surface area (Å²) in [6.45, 7) is 12.5. The van der Waals surface area contributed by atoms with Gasteiger partial charge < -0.3 is 67.5 Å². The molecule has 4 fully saturated rings. The first-order valence-corrected chi connectivity index (χ1v) is 18.6. The predicted octanol–water partition coefficient (Wildman–Crippen LogP) is -0.691. The fourth-order valence-corrected chi connectivity index (χ4v) is 7.02. The molecule has 24 nitrogen and oxygen atoms in total. The highest BCUT2D eigenvalue weighted by Gasteiger charge is 2.62. The predicted molar refractivity (Wildman–Crippen MR) is 194 cm³/mol. The highest BCUT2D eigenvalue weighted by molar-refractivity contribution is 5.78. The molecule has 0 bridgehead atoms. The number of ether oxygens (including phenoxy) is 12. The molecule has 0 aromatic carbocycles. The van der Waals surface area contributed by atoms with Crippen molar-refractivity contribution in [3.8, 4) is 0 Å². The number of fused-ring (bicyclic) bond motifs is 1. The number of azide groups is 1. The third-order valence-corrected chi connectivity index (χ3v) is 9.06. The Bertz CT molecular complexity index is 1670. The fraction of sp³-hybridized carbons (Fsp3) is 0.694. The molecule has 0 radical (unpaired) electrons. The van der Waals surface area contributed by atoms with Crippen LogP contribution in [0.3, 0.4) is 0 Å². The van der Waals surface area contributed by atoms with Gasteiger partial charge in [0.2, 0.25) is 11.8 Å². The molecule has 0 saturated carbocycles. The number of rotatable bonds is 19. The SMILES string of the molecule is C=CCO[C@@H]1O[C@H]2[C@H](OC(=O)[C@H]2OCC=C)[C@H]1O[C@@H]1O[C@H](CN=[N+]=[N-])[C@@H](O[C@@H]2O[C@H](COC(C)=O)[C@@H](OC(C)=O)[C@H](OC(C)=O)[C@H]2NC(C)=O)[C@H](OC(C)=O)[C@H]1NC(C)=O. The fourth-order valence-electron chi connectivity index (χ4n) is 7.02. The highest BCUT2D eigenvalue weighted by Crippen LogP contribution is 2.39. The Hall–Kier alpha value is -5.20. The van der Waals surface area contributed by atoms with Crippen molar-refractivity contribution in [2.75, 3.05) is 26.4 Å². The van der Waals surface area contributed by atoms with E-state index in [1.54, 1.807) is 0 Å². The van der Waals surface area contributed by atoms with E-state index in [-0.39, 0.29) is 13.2 Å². The third kappa shape index (κ3) is 12.2. The Balaban J connectivity index is 1.80. The minimum absolute atomic E-state index is 0.0248. The molecule has 4 heterocycles. The molecule has 0 aromatic rings. The molecular formula is C36H49N5O19. The lowest BCUT2D eigenvalue weighted by molar-refractivity contribution is -0.339. The first kappa shape index (κ1) is 47.5. The van der Waals surface area contributed by atoms with Crippen molar-refractivity contribution in [3.63, 3.8) is 0 Å². The number of hydrogen-bond acceptors (Lipinski definition) is 20. The van der Waals surface area contributed by atoms with Crippen molar-refractivity contribution in [1.29, 1.82) is 0 Å². The van der Waals surface area contributed by atoms with Gasteiger partial charge in [-0.15, -0.1) is 13.2 Å². The molecule has 60 heavy (non-hydrogen) atoms. The summed E-state index contributed by atoms with van der Waals surface area (Å²) >= 11 is 0. The molecule has 4 aliphatic heterocycles. The van der Waals surface area contributed by atoms with Crippen LogP contribution in [-0.4, -0.2) is 160 Å². The van der Waals surface area contributed by atoms with Gasteiger partial charge in [0, 0.05) is 46.5 Å². The molecule has 4 rings (SSSR count). The second-order valence-corrected chi connectivity index (χ2v) is 13.7. The number of hydrogen-bond donors (Lipinski definition) is 2. The van der Waals surface area contributed by atoms with Crippen molar-refractivity contribution in [2.45, 2.75) is 134 Å². The molecule has 4 saturated heterocycles. The second-order valence-electron chi connectivity index (χ2n) is 13.7. The Kier molecular flexibility index (Phi) is 17.3. The van der Waals surface area contributed by atoms with Gasteiger partial charge in [0.15, 0.2) is 55.5 Å². The Morgan fingerprint density at radius 1 is 0.683 bits per heavy atom. The molecule has 24 heteroatoms. The van der Waals surface area contributed by atoms with E-state index in [2.05, 4.69) is 33.8 Å². The smallest absolute Gasteiger partial charge is 0.338 e. The molecule has 4 aliphatic rings. The van der Waals surface area contributed by atoms with Gasteiger partial charge in [-0.1, -0.05) is 17.3 Å². The van der Waals surface area contributed by atoms with Gasteiger partial charge in [-0.2, -0.15) is 0 Å². The van der Waals surface area contributed by atoms with Gasteiger partial charge in [0.1, 0.15) is 37.0 Å². The van der Waals surface area contributed by atoms with Crippen molar-refractivity contribution in [3.05, 3.63) is 35.8 Å². The first-order valence-electron chi connectivity index (χ1n) is 18.6. The number of esters is 5. The number of nitrogens with zero attached hydrogens (tertiary/aromatic N) is 3. The zero-order valence-electron chi connectivity index (χ0n) is 33.7. The van der Waals surface area contributed by atoms with Gasteiger partial charge in [-0.05, 0) is 5.53 Å². The van der Waals surface area contributed by atoms with E-state index in [1.807, 2.05) is 0 Å². The number of amides is 2. The monoisotopic (exact) mass is 855 g/mol. The Morgan fingerprint density at radius 3 is 1.72 bits per heavy atom. The van der Waals surface area contributed by atoms with E-state index >= 15 is 0 Å². The van der Waals surface area contributed by atoms with Crippen LogP contribution < -0.4 is 10.6 Å². The van der Waals surface area contributed by atoms with Crippen LogP contribution in [0.4, 0.5) is 0 Å². The maximum atomic E-state index is 12.9. The van der Waals surface area contributed by atoms with E-state index in [1.165, 1.54) is 12.2 Å². The minimum Gasteiger partial charge on any atom is -0.463 e. The van der Waals surface area contributed by atoms with Crippen LogP contribution in [0.15, 0.2) is 30.4 Å². The van der Waals surface area contributed by atoms with Crippen molar-refractivity contribution in [2.24, 2.45) is 5.11 Å². The molecule has 15 atom stereocenters. The third-order valence-electron chi connectivity index (χ3n) is 9.06. The average Bonchev–Trinajstić information content (AvgIpc) is 3.64. The molecule has 2 amide bonds. The number of nitrogens with one attached hydrogen (secondary N) is 2. The van der Waals surface area contributed by atoms with E-state index < -0.39 is 147 Å². The molecule has 332 valence electrons. The molecule has 0 unspecified atom stereocenters. The van der Waals surface area contributed by atoms with E-state index in [0.29, 0.717) is 0 Å². The number of carbonyl (C=O) groups excluding carboxylic acids is 7. The van der Waals surface area contributed by atoms with Crippen LogP contribution in [0.1, 0.15) is 41.5 Å². The summed E-state index contributed by atoms with van der Waals surface area (Å²) in [4.78, 5) is 90.7. The van der Waals surface area contributed by atoms with Crippen LogP contribution in [0.5, 0.6) is 0 Å². The quantitative estimate of drug-likeness (QED) is 0.0406. The molecular weight excluding hydrogens is 806 g/mol. The van der Waals surface area contributed by atoms with Gasteiger partial charge in [0.05, 0.1) is 25.9 Å². The van der Waals surface area contributed by atoms with Crippen LogP contribution in [-0.2, 0) is 90.4 Å². The van der Waals surface area contributed by atoms with Crippen LogP contribution in [0.2, 0.25) is 0 Å². The summed E-state index contributed by atoms with van der Waals surface area (Å²) in [6.07, 6.45) is -15.6. The van der Waals surface area contributed by atoms with E-state index in [9.17, 15) is 39.1 Å². The van der Waals surface area contributed by atoms with Gasteiger partial charge in [-0.3, -0.25) is 28.8 Å². The molecule has 2 N–H and O–H groups in total. The molecule has 0 aromatic heterocycles. The van der Waals surface area contributed by atoms with E-state index in [4.69, 9.17) is 56.8 Å². The minimum atomic E-state index is -1.74. The largest absolute Gasteiger partial charge is 0.463 e. The molecule has 0 aliphatic carbocycles. The summed E-state index contributed by atoms with van der Waals surface area (Å²) in [6, 6.07) is -2.99. The van der Waals surface area contributed by atoms with Crippen molar-refractivity contribution in [1.82, 2.24) is 10.6 Å². The summed E-state index contributed by atoms with van der Waals surface area (Å²) in [7, 11) is 0. The van der Waals surface area contributed by atoms with Crippen molar-refractivity contribution >= 4 is 41.7 Å². The lowest BCUT2D eigenvalue weighted by atomic mass is 9.93. The normalized spacial score (nSPS) is 34.4. The van der Waals surface area contributed by atoms with Crippen LogP contribution >= 0.6 is 0 Å². The lowest BCUT2D eigenvalue weighted by Crippen LogP contribution is -2.70. The van der Waals surface area contributed by atoms with Gasteiger partial charge >= 0.3 is 29.8 Å². The number of carbonyl (C=O) groups is 7. The Labute approximate surface area is 343 Å². The van der Waals surface area contributed by atoms with E-state index in [0.717, 1.165) is 41.5 Å². The maximum absolute atomic E-state index is 12.9. The van der Waals surface area contributed by atoms with Gasteiger partial charge in [-0.25, -0.2) is 4.79 Å². The zero-order valence-corrected chi connectivity index (χ0v) is 33.7. The Morgan fingerprint density at radius 2 is 1.20 bits per heavy atom. The summed E-state index contributed by atoms with van der Waals surface area (Å²) in [5, 5.41) is 8.83. The standard InChI is InChI=1S/C36H49N5O19/c1-9-11-49-31-29-30(57-33(31)48)32(36(59-29)50-12-10-2)60-34-23(39-15(3)42)27(53-19(7)46)25(21(55-34)13-38-41-37)58-35-24(40-16(4)43)28(54-20(8)47)26(52-18(6)45)22(56-35)14-51-17(5)44/h9-10,21-32,34-36H,1-2,11-14H2,3-8H3,(H,39,42)(H,40,43)/t21-,22-,23-,24-,25-,26-,27-,28-,29+,30+,31+,32-,34+,35+,36-/m1/s1. The highest BCUT2D eigenvalue weighted by atomic mass is 16.8. The zero-order chi connectivity index (χ0) is 44.3. The van der Waals surface area contributed by atoms with Gasteiger partial charge in [0.25, 0.3) is 0 Å². The second kappa shape index (κ2) is 21.9. The molecule has 0 spiro atoms.